The van der Waals surface area contributed by atoms with Gasteiger partial charge in [0.2, 0.25) is 5.91 Å². The van der Waals surface area contributed by atoms with Crippen LogP contribution >= 0.6 is 15.9 Å². The third kappa shape index (κ3) is 4.59. The molecule has 0 saturated carbocycles. The molecule has 1 amide bonds. The van der Waals surface area contributed by atoms with E-state index in [1.165, 1.54) is 28.9 Å². The molecule has 1 aromatic heterocycles. The number of aromatic nitrogens is 2. The largest absolute Gasteiger partial charge is 0.354 e. The summed E-state index contributed by atoms with van der Waals surface area (Å²) in [6.07, 6.45) is 1.61. The summed E-state index contributed by atoms with van der Waals surface area (Å²) >= 11 is 3.38. The number of carbonyl (C=O) groups excluding carboxylic acids is 1. The zero-order valence-corrected chi connectivity index (χ0v) is 17.7. The average molecular weight is 471 g/mol. The average Bonchev–Trinajstić information content (AvgIpc) is 2.76. The Labute approximate surface area is 181 Å². The molecular formula is C22H20BrFN4O2. The molecule has 1 aliphatic heterocycles. The van der Waals surface area contributed by atoms with Gasteiger partial charge >= 0.3 is 0 Å². The van der Waals surface area contributed by atoms with Crippen LogP contribution in [0.2, 0.25) is 0 Å². The van der Waals surface area contributed by atoms with E-state index >= 15 is 0 Å². The van der Waals surface area contributed by atoms with Crippen LogP contribution in [0.4, 0.5) is 15.9 Å². The molecule has 154 valence electrons. The van der Waals surface area contributed by atoms with Crippen LogP contribution in [-0.2, 0) is 4.79 Å². The number of hydrogen-bond donors (Lipinski definition) is 1. The number of rotatable bonds is 4. The van der Waals surface area contributed by atoms with Crippen LogP contribution in [0.1, 0.15) is 12.8 Å². The molecule has 6 nitrogen and oxygen atoms in total. The van der Waals surface area contributed by atoms with Crippen LogP contribution < -0.4 is 15.8 Å². The monoisotopic (exact) mass is 470 g/mol. The van der Waals surface area contributed by atoms with E-state index < -0.39 is 5.82 Å². The van der Waals surface area contributed by atoms with E-state index in [0.29, 0.717) is 18.1 Å². The highest BCUT2D eigenvalue weighted by Gasteiger charge is 2.27. The normalized spacial score (nSPS) is 16.3. The first-order valence-electron chi connectivity index (χ1n) is 9.67. The number of piperidine rings is 1. The Hall–Kier alpha value is -3.00. The van der Waals surface area contributed by atoms with E-state index in [1.54, 1.807) is 12.1 Å². The second kappa shape index (κ2) is 8.79. The summed E-state index contributed by atoms with van der Waals surface area (Å²) < 4.78 is 15.7. The van der Waals surface area contributed by atoms with Crippen molar-refractivity contribution in [1.29, 1.82) is 0 Å². The third-order valence-corrected chi connectivity index (χ3v) is 5.60. The lowest BCUT2D eigenvalue weighted by atomic mass is 9.97. The fourth-order valence-corrected chi connectivity index (χ4v) is 3.80. The number of nitrogens with zero attached hydrogens (tertiary/aromatic N) is 3. The van der Waals surface area contributed by atoms with E-state index in [1.807, 2.05) is 29.2 Å². The third-order valence-electron chi connectivity index (χ3n) is 5.07. The smallest absolute Gasteiger partial charge is 0.271 e. The molecule has 1 fully saturated rings. The number of amides is 1. The first-order chi connectivity index (χ1) is 14.5. The van der Waals surface area contributed by atoms with Crippen molar-refractivity contribution < 1.29 is 9.18 Å². The molecule has 0 bridgehead atoms. The molecule has 0 aliphatic carbocycles. The van der Waals surface area contributed by atoms with Crippen LogP contribution in [0.5, 0.6) is 0 Å². The molecule has 2 aromatic carbocycles. The minimum atomic E-state index is -0.436. The van der Waals surface area contributed by atoms with Gasteiger partial charge in [-0.15, -0.1) is 5.10 Å². The molecule has 1 aliphatic rings. The van der Waals surface area contributed by atoms with Gasteiger partial charge in [0.15, 0.2) is 0 Å². The first-order valence-corrected chi connectivity index (χ1v) is 10.5. The Kier molecular flexibility index (Phi) is 5.94. The van der Waals surface area contributed by atoms with Gasteiger partial charge < -0.3 is 10.2 Å². The molecule has 0 unspecified atom stereocenters. The summed E-state index contributed by atoms with van der Waals surface area (Å²) in [6.45, 7) is 1.23. The topological polar surface area (TPSA) is 67.2 Å². The van der Waals surface area contributed by atoms with Gasteiger partial charge in [-0.25, -0.2) is 4.39 Å². The van der Waals surface area contributed by atoms with Crippen molar-refractivity contribution in [2.24, 2.45) is 5.92 Å². The van der Waals surface area contributed by atoms with Crippen LogP contribution in [-0.4, -0.2) is 28.8 Å². The van der Waals surface area contributed by atoms with Crippen molar-refractivity contribution in [1.82, 2.24) is 9.78 Å². The summed E-state index contributed by atoms with van der Waals surface area (Å²) in [5, 5.41) is 7.38. The van der Waals surface area contributed by atoms with Gasteiger partial charge in [-0.1, -0.05) is 22.0 Å². The number of anilines is 2. The van der Waals surface area contributed by atoms with E-state index in [4.69, 9.17) is 0 Å². The Bertz CT molecular complexity index is 1120. The van der Waals surface area contributed by atoms with Gasteiger partial charge in [0.1, 0.15) is 11.6 Å². The van der Waals surface area contributed by atoms with Crippen molar-refractivity contribution >= 4 is 33.3 Å². The van der Waals surface area contributed by atoms with Gasteiger partial charge in [0.05, 0.1) is 11.6 Å². The molecule has 1 N–H and O–H groups in total. The Morgan fingerprint density at radius 2 is 1.93 bits per heavy atom. The predicted molar refractivity (Wildman–Crippen MR) is 118 cm³/mol. The number of carbonyl (C=O) groups is 1. The maximum Gasteiger partial charge on any atom is 0.271 e. The zero-order chi connectivity index (χ0) is 21.1. The lowest BCUT2D eigenvalue weighted by Crippen LogP contribution is -2.41. The van der Waals surface area contributed by atoms with Crippen molar-refractivity contribution in [3.05, 3.63) is 81.3 Å². The fourth-order valence-electron chi connectivity index (χ4n) is 3.54. The number of hydrogen-bond acceptors (Lipinski definition) is 4. The van der Waals surface area contributed by atoms with Gasteiger partial charge in [0.25, 0.3) is 5.56 Å². The van der Waals surface area contributed by atoms with Crippen LogP contribution in [0, 0.1) is 11.7 Å². The highest BCUT2D eigenvalue weighted by atomic mass is 79.9. The quantitative estimate of drug-likeness (QED) is 0.625. The summed E-state index contributed by atoms with van der Waals surface area (Å²) in [4.78, 5) is 27.0. The Morgan fingerprint density at radius 3 is 2.70 bits per heavy atom. The highest BCUT2D eigenvalue weighted by molar-refractivity contribution is 9.10. The summed E-state index contributed by atoms with van der Waals surface area (Å²) in [5.41, 5.74) is 0.771. The van der Waals surface area contributed by atoms with Crippen LogP contribution in [0.3, 0.4) is 0 Å². The molecule has 0 radical (unpaired) electrons. The summed E-state index contributed by atoms with van der Waals surface area (Å²) in [7, 11) is 0. The maximum absolute atomic E-state index is 13.6. The standard InChI is InChI=1S/C22H20BrFN4O2/c23-16-6-8-18(9-7-16)25-22(30)15-3-2-12-27(14-15)20-10-11-21(29)28(26-20)19-5-1-4-17(24)13-19/h1,4-11,13,15H,2-3,12,14H2,(H,25,30)/t15-/m1/s1. The minimum Gasteiger partial charge on any atom is -0.354 e. The second-order valence-corrected chi connectivity index (χ2v) is 8.12. The molecule has 1 atom stereocenters. The van der Waals surface area contributed by atoms with E-state index in [2.05, 4.69) is 26.3 Å². The molecule has 0 spiro atoms. The molecule has 4 rings (SSSR count). The lowest BCUT2D eigenvalue weighted by molar-refractivity contribution is -0.120. The fraction of sp³-hybridized carbons (Fsp3) is 0.227. The second-order valence-electron chi connectivity index (χ2n) is 7.20. The predicted octanol–water partition coefficient (Wildman–Crippen LogP) is 3.99. The van der Waals surface area contributed by atoms with E-state index in [0.717, 1.165) is 29.5 Å². The van der Waals surface area contributed by atoms with E-state index in [9.17, 15) is 14.0 Å². The Balaban J connectivity index is 1.52. The molecule has 2 heterocycles. The van der Waals surface area contributed by atoms with Crippen molar-refractivity contribution in [2.45, 2.75) is 12.8 Å². The van der Waals surface area contributed by atoms with Gasteiger partial charge in [-0.2, -0.15) is 4.68 Å². The van der Waals surface area contributed by atoms with Gasteiger partial charge in [0, 0.05) is 29.3 Å². The van der Waals surface area contributed by atoms with Gasteiger partial charge in [-0.3, -0.25) is 9.59 Å². The Morgan fingerprint density at radius 1 is 1.13 bits per heavy atom. The number of nitrogens with one attached hydrogen (secondary N) is 1. The maximum atomic E-state index is 13.6. The SMILES string of the molecule is O=C(Nc1ccc(Br)cc1)[C@@H]1CCCN(c2ccc(=O)n(-c3cccc(F)c3)n2)C1. The van der Waals surface area contributed by atoms with Crippen LogP contribution in [0.25, 0.3) is 5.69 Å². The molecule has 8 heteroatoms. The lowest BCUT2D eigenvalue weighted by Gasteiger charge is -2.32. The molecule has 1 saturated heterocycles. The first kappa shape index (κ1) is 20.3. The number of benzene rings is 2. The summed E-state index contributed by atoms with van der Waals surface area (Å²) in [5.74, 6) is -0.0894. The molecule has 30 heavy (non-hydrogen) atoms. The van der Waals surface area contributed by atoms with Crippen molar-refractivity contribution in [3.8, 4) is 5.69 Å². The zero-order valence-electron chi connectivity index (χ0n) is 16.1. The van der Waals surface area contributed by atoms with E-state index in [-0.39, 0.29) is 17.4 Å². The molecular weight excluding hydrogens is 451 g/mol. The molecule has 3 aromatic rings. The van der Waals surface area contributed by atoms with Crippen molar-refractivity contribution in [3.63, 3.8) is 0 Å². The van der Waals surface area contributed by atoms with Gasteiger partial charge in [-0.05, 0) is 61.4 Å². The van der Waals surface area contributed by atoms with Crippen LogP contribution in [0.15, 0.2) is 69.9 Å². The minimum absolute atomic E-state index is 0.0412. The number of halogens is 2. The summed E-state index contributed by atoms with van der Waals surface area (Å²) in [6, 6.07) is 16.3. The highest BCUT2D eigenvalue weighted by Crippen LogP contribution is 2.23. The van der Waals surface area contributed by atoms with Crippen molar-refractivity contribution in [2.75, 3.05) is 23.3 Å².